The molecule has 0 heterocycles. The van der Waals surface area contributed by atoms with E-state index >= 15 is 0 Å². The molecule has 3 rings (SSSR count). The molecule has 2 unspecified atom stereocenters. The molecule has 0 radical (unpaired) electrons. The summed E-state index contributed by atoms with van der Waals surface area (Å²) >= 11 is 0. The molecule has 8 heteroatoms. The monoisotopic (exact) mass is 440 g/mol. The minimum atomic E-state index is -1.12. The molecule has 0 spiro atoms. The molecule has 8 nitrogen and oxygen atoms in total. The van der Waals surface area contributed by atoms with Gasteiger partial charge in [0, 0.05) is 19.1 Å². The van der Waals surface area contributed by atoms with Gasteiger partial charge in [-0.15, -0.1) is 0 Å². The lowest BCUT2D eigenvalue weighted by molar-refractivity contribution is -0.141. The number of nitrogens with one attached hydrogen (secondary N) is 2. The van der Waals surface area contributed by atoms with E-state index in [2.05, 4.69) is 22.8 Å². The van der Waals surface area contributed by atoms with Crippen molar-refractivity contribution in [2.24, 2.45) is 0 Å². The second-order valence-electron chi connectivity index (χ2n) is 7.62. The number of carboxylic acid groups (broad SMARTS) is 1. The number of carbonyl (C=O) groups is 3. The van der Waals surface area contributed by atoms with E-state index in [1.54, 1.807) is 6.92 Å². The van der Waals surface area contributed by atoms with Crippen molar-refractivity contribution < 1.29 is 29.0 Å². The number of ether oxygens (including phenoxy) is 2. The normalized spacial score (nSPS) is 14.1. The first-order chi connectivity index (χ1) is 15.4. The molecule has 0 aromatic heterocycles. The number of hydrogen-bond acceptors (Lipinski definition) is 5. The summed E-state index contributed by atoms with van der Waals surface area (Å²) in [5, 5.41) is 13.9. The first-order valence-electron chi connectivity index (χ1n) is 10.6. The fourth-order valence-electron chi connectivity index (χ4n) is 3.84. The van der Waals surface area contributed by atoms with Gasteiger partial charge in [-0.1, -0.05) is 48.5 Å². The lowest BCUT2D eigenvalue weighted by Gasteiger charge is -2.19. The van der Waals surface area contributed by atoms with E-state index in [-0.39, 0.29) is 25.5 Å². The molecule has 3 N–H and O–H groups in total. The average Bonchev–Trinajstić information content (AvgIpc) is 3.10. The summed E-state index contributed by atoms with van der Waals surface area (Å²) in [5.41, 5.74) is 4.54. The number of carbonyl (C=O) groups excluding carboxylic acids is 2. The summed E-state index contributed by atoms with van der Waals surface area (Å²) in [6, 6.07) is 15.2. The van der Waals surface area contributed by atoms with Crippen LogP contribution >= 0.6 is 0 Å². The van der Waals surface area contributed by atoms with Crippen LogP contribution in [-0.2, 0) is 19.1 Å². The lowest BCUT2D eigenvalue weighted by atomic mass is 9.98. The van der Waals surface area contributed by atoms with E-state index < -0.39 is 30.1 Å². The Hall–Kier alpha value is -3.39. The van der Waals surface area contributed by atoms with E-state index in [1.165, 1.54) is 6.92 Å². The van der Waals surface area contributed by atoms with Crippen LogP contribution in [0.5, 0.6) is 0 Å². The smallest absolute Gasteiger partial charge is 0.407 e. The Morgan fingerprint density at radius 3 is 2.19 bits per heavy atom. The zero-order valence-corrected chi connectivity index (χ0v) is 18.2. The Labute approximate surface area is 186 Å². The van der Waals surface area contributed by atoms with Gasteiger partial charge in [-0.05, 0) is 36.1 Å². The minimum Gasteiger partial charge on any atom is -0.480 e. The minimum absolute atomic E-state index is 0.0425. The topological polar surface area (TPSA) is 114 Å². The van der Waals surface area contributed by atoms with Crippen LogP contribution in [0.25, 0.3) is 11.1 Å². The summed E-state index contributed by atoms with van der Waals surface area (Å²) in [5.74, 6) is -1.63. The third-order valence-electron chi connectivity index (χ3n) is 5.38. The van der Waals surface area contributed by atoms with Gasteiger partial charge in [-0.3, -0.25) is 9.59 Å². The fraction of sp³-hybridized carbons (Fsp3) is 0.375. The molecule has 2 amide bonds. The lowest BCUT2D eigenvalue weighted by Crippen LogP contribution is -2.42. The quantitative estimate of drug-likeness (QED) is 0.524. The zero-order chi connectivity index (χ0) is 23.1. The van der Waals surface area contributed by atoms with E-state index in [9.17, 15) is 14.4 Å². The molecule has 32 heavy (non-hydrogen) atoms. The predicted octanol–water partition coefficient (Wildman–Crippen LogP) is 2.91. The largest absolute Gasteiger partial charge is 0.480 e. The van der Waals surface area contributed by atoms with Gasteiger partial charge in [0.2, 0.25) is 5.91 Å². The summed E-state index contributed by atoms with van der Waals surface area (Å²) in [7, 11) is 0. The SMILES string of the molecule is CCOC(CNC(=O)OCC1c2ccccc2-c2ccccc21)CC(=O)NC(C)C(=O)O. The number of rotatable bonds is 10. The highest BCUT2D eigenvalue weighted by Crippen LogP contribution is 2.44. The molecule has 170 valence electrons. The van der Waals surface area contributed by atoms with Crippen molar-refractivity contribution in [3.05, 3.63) is 59.7 Å². The molecule has 0 bridgehead atoms. The molecular formula is C24H28N2O6. The van der Waals surface area contributed by atoms with Gasteiger partial charge < -0.3 is 25.2 Å². The standard InChI is InChI=1S/C24H28N2O6/c1-3-31-16(12-22(27)26-15(2)23(28)29)13-25-24(30)32-14-21-19-10-6-4-8-17(19)18-9-5-7-11-20(18)21/h4-11,15-16,21H,3,12-14H2,1-2H3,(H,25,30)(H,26,27)(H,28,29). The van der Waals surface area contributed by atoms with Crippen molar-refractivity contribution in [1.82, 2.24) is 10.6 Å². The summed E-state index contributed by atoms with van der Waals surface area (Å²) in [6.45, 7) is 3.76. The van der Waals surface area contributed by atoms with Gasteiger partial charge >= 0.3 is 12.1 Å². The molecule has 1 aliphatic carbocycles. The first-order valence-corrected chi connectivity index (χ1v) is 10.6. The van der Waals surface area contributed by atoms with Gasteiger partial charge in [0.1, 0.15) is 12.6 Å². The van der Waals surface area contributed by atoms with Crippen LogP contribution in [0.15, 0.2) is 48.5 Å². The van der Waals surface area contributed by atoms with Crippen LogP contribution in [0, 0.1) is 0 Å². The van der Waals surface area contributed by atoms with Gasteiger partial charge in [0.25, 0.3) is 0 Å². The summed E-state index contributed by atoms with van der Waals surface area (Å²) in [6.07, 6.45) is -1.27. The van der Waals surface area contributed by atoms with Crippen LogP contribution < -0.4 is 10.6 Å². The number of alkyl carbamates (subject to hydrolysis) is 1. The van der Waals surface area contributed by atoms with E-state index in [1.807, 2.05) is 36.4 Å². The molecule has 2 aromatic rings. The van der Waals surface area contributed by atoms with Gasteiger partial charge in [0.05, 0.1) is 12.5 Å². The molecule has 0 fully saturated rings. The average molecular weight is 440 g/mol. The summed E-state index contributed by atoms with van der Waals surface area (Å²) < 4.78 is 11.0. The Bertz CT molecular complexity index is 931. The molecule has 2 atom stereocenters. The highest BCUT2D eigenvalue weighted by atomic mass is 16.5. The Balaban J connectivity index is 1.53. The Kier molecular flexibility index (Phi) is 7.83. The number of benzene rings is 2. The number of fused-ring (bicyclic) bond motifs is 3. The maximum absolute atomic E-state index is 12.3. The highest BCUT2D eigenvalue weighted by molar-refractivity contribution is 5.83. The van der Waals surface area contributed by atoms with Crippen molar-refractivity contribution in [1.29, 1.82) is 0 Å². The van der Waals surface area contributed by atoms with E-state index in [0.29, 0.717) is 6.61 Å². The fourth-order valence-corrected chi connectivity index (χ4v) is 3.84. The van der Waals surface area contributed by atoms with Crippen molar-refractivity contribution >= 4 is 18.0 Å². The first kappa shape index (κ1) is 23.3. The second-order valence-corrected chi connectivity index (χ2v) is 7.62. The van der Waals surface area contributed by atoms with E-state index in [0.717, 1.165) is 22.3 Å². The number of amides is 2. The molecule has 0 aliphatic heterocycles. The van der Waals surface area contributed by atoms with Gasteiger partial charge in [0.15, 0.2) is 0 Å². The van der Waals surface area contributed by atoms with Crippen LogP contribution in [-0.4, -0.2) is 55.0 Å². The third-order valence-corrected chi connectivity index (χ3v) is 5.38. The van der Waals surface area contributed by atoms with Crippen LogP contribution in [0.1, 0.15) is 37.3 Å². The van der Waals surface area contributed by atoms with Crippen LogP contribution in [0.3, 0.4) is 0 Å². The van der Waals surface area contributed by atoms with Crippen molar-refractivity contribution in [2.75, 3.05) is 19.8 Å². The van der Waals surface area contributed by atoms with Crippen molar-refractivity contribution in [3.63, 3.8) is 0 Å². The molecule has 1 aliphatic rings. The molecule has 2 aromatic carbocycles. The van der Waals surface area contributed by atoms with Crippen molar-refractivity contribution in [2.45, 2.75) is 38.3 Å². The number of aliphatic carboxylic acids is 1. The third kappa shape index (κ3) is 5.64. The highest BCUT2D eigenvalue weighted by Gasteiger charge is 2.29. The maximum Gasteiger partial charge on any atom is 0.407 e. The summed E-state index contributed by atoms with van der Waals surface area (Å²) in [4.78, 5) is 35.2. The Morgan fingerprint density at radius 1 is 1.03 bits per heavy atom. The van der Waals surface area contributed by atoms with Gasteiger partial charge in [-0.25, -0.2) is 4.79 Å². The molecule has 0 saturated heterocycles. The van der Waals surface area contributed by atoms with Crippen LogP contribution in [0.2, 0.25) is 0 Å². The van der Waals surface area contributed by atoms with E-state index in [4.69, 9.17) is 14.6 Å². The van der Waals surface area contributed by atoms with Gasteiger partial charge in [-0.2, -0.15) is 0 Å². The second kappa shape index (κ2) is 10.8. The number of carboxylic acids is 1. The number of hydrogen-bond donors (Lipinski definition) is 3. The van der Waals surface area contributed by atoms with Crippen LogP contribution in [0.4, 0.5) is 4.79 Å². The predicted molar refractivity (Wildman–Crippen MR) is 118 cm³/mol. The van der Waals surface area contributed by atoms with Crippen molar-refractivity contribution in [3.8, 4) is 11.1 Å². The molecular weight excluding hydrogens is 412 g/mol. The molecule has 0 saturated carbocycles. The zero-order valence-electron chi connectivity index (χ0n) is 18.2. The maximum atomic E-state index is 12.3. The Morgan fingerprint density at radius 2 is 1.62 bits per heavy atom.